The van der Waals surface area contributed by atoms with Crippen LogP contribution in [0.1, 0.15) is 54.4 Å². The Balaban J connectivity index is 1.29. The van der Waals surface area contributed by atoms with Crippen LogP contribution in [0.4, 0.5) is 18.0 Å². The van der Waals surface area contributed by atoms with Gasteiger partial charge in [0.25, 0.3) is 0 Å². The van der Waals surface area contributed by atoms with Crippen LogP contribution < -0.4 is 0 Å². The van der Waals surface area contributed by atoms with Gasteiger partial charge in [-0.2, -0.15) is 13.2 Å². The van der Waals surface area contributed by atoms with Crippen LogP contribution in [0.15, 0.2) is 72.8 Å². The first-order valence-electron chi connectivity index (χ1n) is 13.1. The molecule has 0 N–H and O–H groups in total. The maximum atomic E-state index is 13.2. The second-order valence-corrected chi connectivity index (χ2v) is 10.7. The summed E-state index contributed by atoms with van der Waals surface area (Å²) in [7, 11) is 0. The molecule has 2 bridgehead atoms. The van der Waals surface area contributed by atoms with E-state index in [2.05, 4.69) is 12.1 Å². The lowest BCUT2D eigenvalue weighted by atomic mass is 9.52. The van der Waals surface area contributed by atoms with Gasteiger partial charge in [0.05, 0.1) is 5.56 Å². The van der Waals surface area contributed by atoms with Crippen LogP contribution in [0, 0.1) is 5.92 Å². The highest BCUT2D eigenvalue weighted by Gasteiger charge is 2.55. The molecule has 3 aromatic rings. The molecule has 6 heteroatoms. The van der Waals surface area contributed by atoms with Gasteiger partial charge in [0.2, 0.25) is 0 Å². The number of ether oxygens (including phenoxy) is 1. The highest BCUT2D eigenvalue weighted by molar-refractivity contribution is 5.70. The molecule has 1 saturated carbocycles. The number of piperidine rings is 1. The topological polar surface area (TPSA) is 29.5 Å². The second-order valence-electron chi connectivity index (χ2n) is 10.7. The molecule has 2 aliphatic carbocycles. The van der Waals surface area contributed by atoms with Gasteiger partial charge in [-0.05, 0) is 71.6 Å². The first-order valence-corrected chi connectivity index (χ1v) is 13.1. The molecule has 0 aromatic heterocycles. The van der Waals surface area contributed by atoms with Gasteiger partial charge in [-0.25, -0.2) is 4.79 Å². The maximum Gasteiger partial charge on any atom is 0.416 e. The van der Waals surface area contributed by atoms with Crippen LogP contribution in [0.5, 0.6) is 0 Å². The minimum Gasteiger partial charge on any atom is -0.445 e. The molecule has 0 spiro atoms. The average Bonchev–Trinajstić information content (AvgIpc) is 2.92. The first-order chi connectivity index (χ1) is 17.8. The Hall–Kier alpha value is -3.28. The van der Waals surface area contributed by atoms with Crippen molar-refractivity contribution in [2.75, 3.05) is 6.54 Å². The Morgan fingerprint density at radius 2 is 1.70 bits per heavy atom. The lowest BCUT2D eigenvalue weighted by Gasteiger charge is -2.58. The molecule has 1 saturated heterocycles. The van der Waals surface area contributed by atoms with Gasteiger partial charge in [0.1, 0.15) is 6.61 Å². The average molecular weight is 506 g/mol. The number of halogens is 3. The van der Waals surface area contributed by atoms with Gasteiger partial charge in [-0.3, -0.25) is 0 Å². The highest BCUT2D eigenvalue weighted by Crippen LogP contribution is 2.56. The number of likely N-dealkylation sites (tertiary alicyclic amines) is 1. The molecule has 3 nitrogen and oxygen atoms in total. The van der Waals surface area contributed by atoms with E-state index in [9.17, 15) is 18.0 Å². The van der Waals surface area contributed by atoms with Crippen LogP contribution in [0.2, 0.25) is 0 Å². The van der Waals surface area contributed by atoms with E-state index in [-0.39, 0.29) is 24.2 Å². The molecular weight excluding hydrogens is 475 g/mol. The van der Waals surface area contributed by atoms with E-state index in [4.69, 9.17) is 4.74 Å². The van der Waals surface area contributed by atoms with Crippen LogP contribution in [-0.2, 0) is 29.4 Å². The number of fused-ring (bicyclic) bond motifs is 1. The van der Waals surface area contributed by atoms with Crippen molar-refractivity contribution in [2.24, 2.45) is 5.92 Å². The fourth-order valence-corrected chi connectivity index (χ4v) is 7.07. The van der Waals surface area contributed by atoms with E-state index >= 15 is 0 Å². The fraction of sp³-hybridized carbons (Fsp3) is 0.387. The molecule has 0 unspecified atom stereocenters. The van der Waals surface area contributed by atoms with Crippen molar-refractivity contribution in [1.82, 2.24) is 4.90 Å². The summed E-state index contributed by atoms with van der Waals surface area (Å²) in [5, 5.41) is 0. The Morgan fingerprint density at radius 1 is 0.946 bits per heavy atom. The van der Waals surface area contributed by atoms with E-state index in [1.165, 1.54) is 11.1 Å². The van der Waals surface area contributed by atoms with E-state index in [1.807, 2.05) is 41.3 Å². The molecular formula is C31H30F3NO2. The highest BCUT2D eigenvalue weighted by atomic mass is 19.4. The Morgan fingerprint density at radius 3 is 2.46 bits per heavy atom. The first kappa shape index (κ1) is 24.1. The summed E-state index contributed by atoms with van der Waals surface area (Å²) in [6.07, 6.45) is 1.58. The van der Waals surface area contributed by atoms with Gasteiger partial charge in [-0.1, -0.05) is 73.5 Å². The molecule has 1 aliphatic heterocycles. The van der Waals surface area contributed by atoms with Crippen molar-refractivity contribution in [3.63, 3.8) is 0 Å². The fourth-order valence-electron chi connectivity index (χ4n) is 7.07. The molecule has 37 heavy (non-hydrogen) atoms. The summed E-state index contributed by atoms with van der Waals surface area (Å²) in [6, 6.07) is 21.7. The predicted octanol–water partition coefficient (Wildman–Crippen LogP) is 7.77. The van der Waals surface area contributed by atoms with Gasteiger partial charge >= 0.3 is 12.3 Å². The Labute approximate surface area is 215 Å². The van der Waals surface area contributed by atoms with Crippen molar-refractivity contribution >= 4 is 6.09 Å². The Bertz CT molecular complexity index is 1290. The number of rotatable bonds is 3. The monoisotopic (exact) mass is 505 g/mol. The molecule has 6 rings (SSSR count). The number of nitrogens with zero attached hydrogens (tertiary/aromatic N) is 1. The number of amides is 1. The molecule has 192 valence electrons. The summed E-state index contributed by atoms with van der Waals surface area (Å²) < 4.78 is 44.9. The SMILES string of the molecule is O=C(OCc1ccccc1)N1CC[C@]23CCCC[C@H]2[C@H]1Cc1ccc(-c2ccc(C(F)(F)F)cc2)cc13. The summed E-state index contributed by atoms with van der Waals surface area (Å²) in [4.78, 5) is 15.2. The zero-order valence-corrected chi connectivity index (χ0v) is 20.6. The maximum absolute atomic E-state index is 13.2. The molecule has 3 aromatic carbocycles. The number of benzene rings is 3. The van der Waals surface area contributed by atoms with Crippen molar-refractivity contribution < 1.29 is 22.7 Å². The largest absolute Gasteiger partial charge is 0.445 e. The lowest BCUT2D eigenvalue weighted by molar-refractivity contribution is -0.137. The van der Waals surface area contributed by atoms with E-state index in [0.717, 1.165) is 67.3 Å². The second kappa shape index (κ2) is 9.23. The number of carbonyl (C=O) groups excluding carboxylic acids is 1. The van der Waals surface area contributed by atoms with Gasteiger partial charge in [0.15, 0.2) is 0 Å². The molecule has 1 amide bonds. The zero-order valence-electron chi connectivity index (χ0n) is 20.6. The molecule has 3 aliphatic rings. The van der Waals surface area contributed by atoms with Gasteiger partial charge < -0.3 is 9.64 Å². The van der Waals surface area contributed by atoms with Gasteiger partial charge in [-0.15, -0.1) is 0 Å². The third-order valence-electron chi connectivity index (χ3n) is 8.82. The summed E-state index contributed by atoms with van der Waals surface area (Å²) in [6.45, 7) is 0.935. The van der Waals surface area contributed by atoms with Crippen LogP contribution >= 0.6 is 0 Å². The molecule has 0 radical (unpaired) electrons. The molecule has 1 heterocycles. The summed E-state index contributed by atoms with van der Waals surface area (Å²) in [5.74, 6) is 0.370. The third kappa shape index (κ3) is 4.30. The predicted molar refractivity (Wildman–Crippen MR) is 136 cm³/mol. The lowest BCUT2D eigenvalue weighted by Crippen LogP contribution is -2.62. The van der Waals surface area contributed by atoms with Crippen molar-refractivity contribution in [3.8, 4) is 11.1 Å². The molecule has 3 atom stereocenters. The van der Waals surface area contributed by atoms with E-state index in [0.29, 0.717) is 12.5 Å². The minimum atomic E-state index is -4.34. The third-order valence-corrected chi connectivity index (χ3v) is 8.82. The minimum absolute atomic E-state index is 0.00856. The van der Waals surface area contributed by atoms with Crippen LogP contribution in [-0.4, -0.2) is 23.6 Å². The quantitative estimate of drug-likeness (QED) is 0.364. The van der Waals surface area contributed by atoms with Crippen molar-refractivity contribution in [1.29, 1.82) is 0 Å². The summed E-state index contributed by atoms with van der Waals surface area (Å²) in [5.41, 5.74) is 4.69. The summed E-state index contributed by atoms with van der Waals surface area (Å²) >= 11 is 0. The number of hydrogen-bond donors (Lipinski definition) is 0. The van der Waals surface area contributed by atoms with Crippen LogP contribution in [0.25, 0.3) is 11.1 Å². The Kier molecular flexibility index (Phi) is 6.01. The smallest absolute Gasteiger partial charge is 0.416 e. The number of alkyl halides is 3. The van der Waals surface area contributed by atoms with E-state index < -0.39 is 11.7 Å². The number of hydrogen-bond acceptors (Lipinski definition) is 2. The van der Waals surface area contributed by atoms with E-state index in [1.54, 1.807) is 12.1 Å². The van der Waals surface area contributed by atoms with Crippen LogP contribution in [0.3, 0.4) is 0 Å². The van der Waals surface area contributed by atoms with Crippen molar-refractivity contribution in [2.45, 2.75) is 62.8 Å². The van der Waals surface area contributed by atoms with Gasteiger partial charge in [0, 0.05) is 18.0 Å². The normalized spacial score (nSPS) is 24.7. The standard InChI is InChI=1S/C31H30F3NO2/c32-31(33,34)25-13-11-22(12-14-25)23-9-10-24-19-28-26-8-4-5-15-30(26,27(24)18-23)16-17-35(28)29(36)37-20-21-6-2-1-3-7-21/h1-3,6-7,9-14,18,26,28H,4-5,8,15-17,19-20H2/t26-,28+,30+/m0/s1. The van der Waals surface area contributed by atoms with Crippen molar-refractivity contribution in [3.05, 3.63) is 95.1 Å². The number of carbonyl (C=O) groups is 1. The zero-order chi connectivity index (χ0) is 25.6. The molecule has 2 fully saturated rings.